The molecule has 0 saturated heterocycles. The number of fused-ring (bicyclic) bond motifs is 6. The van der Waals surface area contributed by atoms with E-state index in [0.717, 1.165) is 11.4 Å². The molecule has 0 atom stereocenters. The van der Waals surface area contributed by atoms with Crippen molar-refractivity contribution in [1.29, 1.82) is 0 Å². The van der Waals surface area contributed by atoms with Crippen LogP contribution in [0.15, 0.2) is 255 Å². The lowest BCUT2D eigenvalue weighted by molar-refractivity contribution is 1.13. The van der Waals surface area contributed by atoms with Gasteiger partial charge in [0.15, 0.2) is 8.07 Å². The van der Waals surface area contributed by atoms with E-state index in [1.54, 1.807) is 0 Å². The summed E-state index contributed by atoms with van der Waals surface area (Å²) < 4.78 is 5.12. The zero-order chi connectivity index (χ0) is 41.7. The van der Waals surface area contributed by atoms with Gasteiger partial charge in [0.25, 0.3) is 0 Å². The first-order chi connectivity index (χ1) is 31.3. The summed E-state index contributed by atoms with van der Waals surface area (Å²) in [6.45, 7) is 0. The summed E-state index contributed by atoms with van der Waals surface area (Å²) in [7, 11) is -2.98. The molecule has 2 aromatic heterocycles. The van der Waals surface area contributed by atoms with E-state index in [0.29, 0.717) is 0 Å². The average Bonchev–Trinajstić information content (AvgIpc) is 3.89. The zero-order valence-corrected chi connectivity index (χ0v) is 35.6. The minimum Gasteiger partial charge on any atom is -0.307 e. The molecule has 0 bridgehead atoms. The Morgan fingerprint density at radius 3 is 1.32 bits per heavy atom. The van der Waals surface area contributed by atoms with E-state index in [1.807, 2.05) is 0 Å². The number of rotatable bonds is 8. The maximum Gasteiger partial charge on any atom is 0.181 e. The molecule has 0 fully saturated rings. The molecule has 63 heavy (non-hydrogen) atoms. The molecule has 10 aromatic carbocycles. The van der Waals surface area contributed by atoms with Gasteiger partial charge in [-0.1, -0.05) is 224 Å². The van der Waals surface area contributed by atoms with Crippen LogP contribution in [0, 0.1) is 0 Å². The predicted octanol–water partition coefficient (Wildman–Crippen LogP) is 12.6. The Labute approximate surface area is 368 Å². The van der Waals surface area contributed by atoms with Crippen LogP contribution >= 0.6 is 0 Å². The molecule has 0 radical (unpaired) electrons. The van der Waals surface area contributed by atoms with Gasteiger partial charge in [0.2, 0.25) is 0 Å². The van der Waals surface area contributed by atoms with Crippen molar-refractivity contribution in [2.24, 2.45) is 0 Å². The maximum atomic E-state index is 2.60. The summed E-state index contributed by atoms with van der Waals surface area (Å²) in [5.74, 6) is 0. The minimum atomic E-state index is -2.98. The van der Waals surface area contributed by atoms with Crippen LogP contribution in [-0.2, 0) is 0 Å². The van der Waals surface area contributed by atoms with Crippen molar-refractivity contribution in [1.82, 2.24) is 9.13 Å². The van der Waals surface area contributed by atoms with Crippen LogP contribution < -0.4 is 20.7 Å². The summed E-state index contributed by atoms with van der Waals surface area (Å²) in [5, 5.41) is 10.4. The summed E-state index contributed by atoms with van der Waals surface area (Å²) in [6.07, 6.45) is 0. The smallest absolute Gasteiger partial charge is 0.181 e. The Hall–Kier alpha value is -7.98. The fraction of sp³-hybridized carbons (Fsp3) is 0. The van der Waals surface area contributed by atoms with Crippen molar-refractivity contribution in [3.05, 3.63) is 255 Å². The Morgan fingerprint density at radius 2 is 0.714 bits per heavy atom. The van der Waals surface area contributed by atoms with Gasteiger partial charge in [-0.15, -0.1) is 0 Å². The van der Waals surface area contributed by atoms with Gasteiger partial charge < -0.3 is 9.13 Å². The average molecular weight is 819 g/mol. The molecule has 2 nitrogen and oxygen atoms in total. The highest BCUT2D eigenvalue weighted by Crippen LogP contribution is 2.41. The predicted molar refractivity (Wildman–Crippen MR) is 270 cm³/mol. The molecule has 3 heteroatoms. The first-order valence-corrected chi connectivity index (χ1v) is 23.8. The molecule has 0 aliphatic heterocycles. The fourth-order valence-electron chi connectivity index (χ4n) is 10.3. The van der Waals surface area contributed by atoms with Gasteiger partial charge in [0.1, 0.15) is 0 Å². The van der Waals surface area contributed by atoms with Crippen LogP contribution in [0.3, 0.4) is 0 Å². The lowest BCUT2D eigenvalue weighted by atomic mass is 10.0. The van der Waals surface area contributed by atoms with Gasteiger partial charge >= 0.3 is 0 Å². The van der Waals surface area contributed by atoms with Crippen molar-refractivity contribution in [3.8, 4) is 33.6 Å². The molecular formula is C60H42N2Si. The van der Waals surface area contributed by atoms with E-state index in [4.69, 9.17) is 0 Å². The highest BCUT2D eigenvalue weighted by atomic mass is 28.3. The number of aromatic nitrogens is 2. The molecule has 0 aliphatic carbocycles. The molecule has 12 aromatic rings. The number of para-hydroxylation sites is 3. The van der Waals surface area contributed by atoms with Crippen molar-refractivity contribution in [2.75, 3.05) is 0 Å². The molecule has 2 heterocycles. The van der Waals surface area contributed by atoms with Crippen LogP contribution in [0.5, 0.6) is 0 Å². The van der Waals surface area contributed by atoms with Crippen molar-refractivity contribution >= 4 is 72.4 Å². The van der Waals surface area contributed by atoms with Gasteiger partial charge in [-0.05, 0) is 73.3 Å². The minimum absolute atomic E-state index is 1.12. The van der Waals surface area contributed by atoms with Crippen LogP contribution in [0.4, 0.5) is 0 Å². The van der Waals surface area contributed by atoms with Gasteiger partial charge in [0.05, 0.1) is 27.8 Å². The van der Waals surface area contributed by atoms with E-state index in [2.05, 4.69) is 264 Å². The third-order valence-corrected chi connectivity index (χ3v) is 17.9. The molecule has 0 saturated carbocycles. The standard InChI is InChI=1S/C60H42N2Si/c1-6-20-43(21-7-1)45-36-39-47(40-37-45)61-57-42-46(44-22-8-2-9-23-44)38-41-52(57)53-31-18-34-56(59(53)61)62-55-33-17-16-30-51(55)54-32-19-35-58(60(54)62)63(48-24-10-3-11-25-48,49-26-12-4-13-27-49)50-28-14-5-15-29-50/h1-42H. The summed E-state index contributed by atoms with van der Waals surface area (Å²) >= 11 is 0. The van der Waals surface area contributed by atoms with Crippen LogP contribution in [0.2, 0.25) is 0 Å². The molecule has 0 aliphatic rings. The molecule has 0 N–H and O–H groups in total. The quantitative estimate of drug-likeness (QED) is 0.107. The van der Waals surface area contributed by atoms with Crippen LogP contribution in [-0.4, -0.2) is 17.2 Å². The van der Waals surface area contributed by atoms with Crippen molar-refractivity contribution in [3.63, 3.8) is 0 Å². The van der Waals surface area contributed by atoms with E-state index in [9.17, 15) is 0 Å². The second-order valence-electron chi connectivity index (χ2n) is 16.4. The second kappa shape index (κ2) is 15.2. The number of benzene rings is 10. The van der Waals surface area contributed by atoms with Gasteiger partial charge in [-0.3, -0.25) is 0 Å². The largest absolute Gasteiger partial charge is 0.307 e. The molecule has 12 rings (SSSR count). The Morgan fingerprint density at radius 1 is 0.270 bits per heavy atom. The maximum absolute atomic E-state index is 2.98. The van der Waals surface area contributed by atoms with E-state index in [-0.39, 0.29) is 0 Å². The highest BCUT2D eigenvalue weighted by molar-refractivity contribution is 7.20. The third-order valence-electron chi connectivity index (χ3n) is 13.1. The zero-order valence-electron chi connectivity index (χ0n) is 34.6. The highest BCUT2D eigenvalue weighted by Gasteiger charge is 2.43. The third kappa shape index (κ3) is 5.85. The topological polar surface area (TPSA) is 9.86 Å². The normalized spacial score (nSPS) is 11.8. The van der Waals surface area contributed by atoms with Gasteiger partial charge in [0, 0.05) is 27.2 Å². The fourth-order valence-corrected chi connectivity index (χ4v) is 15.3. The second-order valence-corrected chi connectivity index (χ2v) is 20.2. The lowest BCUT2D eigenvalue weighted by Crippen LogP contribution is -2.75. The number of hydrogen-bond acceptors (Lipinski definition) is 0. The Kier molecular flexibility index (Phi) is 8.87. The van der Waals surface area contributed by atoms with E-state index < -0.39 is 8.07 Å². The summed E-state index contributed by atoms with van der Waals surface area (Å²) in [4.78, 5) is 0. The van der Waals surface area contributed by atoms with Crippen LogP contribution in [0.25, 0.3) is 77.2 Å². The molecule has 0 amide bonds. The molecular weight excluding hydrogens is 777 g/mol. The SMILES string of the molecule is c1ccc(-c2ccc(-n3c4cc(-c5ccccc5)ccc4c4cccc(-n5c6ccccc6c6cccc([Si](c7ccccc7)(c7ccccc7)c7ccccc7)c65)c43)cc2)cc1. The summed E-state index contributed by atoms with van der Waals surface area (Å²) in [6, 6.07) is 94.4. The van der Waals surface area contributed by atoms with Crippen molar-refractivity contribution < 1.29 is 0 Å². The lowest BCUT2D eigenvalue weighted by Gasteiger charge is -2.35. The summed E-state index contributed by atoms with van der Waals surface area (Å²) in [5.41, 5.74) is 11.8. The Balaban J connectivity index is 1.23. The first-order valence-electron chi connectivity index (χ1n) is 21.8. The number of nitrogens with zero attached hydrogens (tertiary/aromatic N) is 2. The first kappa shape index (κ1) is 36.8. The molecule has 296 valence electrons. The number of hydrogen-bond donors (Lipinski definition) is 0. The van der Waals surface area contributed by atoms with E-state index in [1.165, 1.54) is 86.6 Å². The van der Waals surface area contributed by atoms with Gasteiger partial charge in [-0.2, -0.15) is 0 Å². The molecule has 0 unspecified atom stereocenters. The van der Waals surface area contributed by atoms with Crippen molar-refractivity contribution in [2.45, 2.75) is 0 Å². The monoisotopic (exact) mass is 818 g/mol. The molecule has 0 spiro atoms. The van der Waals surface area contributed by atoms with E-state index >= 15 is 0 Å². The van der Waals surface area contributed by atoms with Gasteiger partial charge in [-0.25, -0.2) is 0 Å². The van der Waals surface area contributed by atoms with Crippen LogP contribution in [0.1, 0.15) is 0 Å². The Bertz CT molecular complexity index is 3480.